The highest BCUT2D eigenvalue weighted by Crippen LogP contribution is 2.17. The molecule has 1 heterocycles. The van der Waals surface area contributed by atoms with E-state index in [9.17, 15) is 4.79 Å². The zero-order valence-electron chi connectivity index (χ0n) is 15.2. The Labute approximate surface area is 160 Å². The van der Waals surface area contributed by atoms with E-state index in [0.29, 0.717) is 5.02 Å². The summed E-state index contributed by atoms with van der Waals surface area (Å²) in [6, 6.07) is 15.9. The van der Waals surface area contributed by atoms with Crippen LogP contribution in [0.5, 0.6) is 0 Å². The number of rotatable bonds is 7. The molecule has 26 heavy (non-hydrogen) atoms. The number of hydrogen-bond donors (Lipinski definition) is 2. The molecule has 2 N–H and O–H groups in total. The lowest BCUT2D eigenvalue weighted by Gasteiger charge is -2.15. The summed E-state index contributed by atoms with van der Waals surface area (Å²) in [5.74, 6) is -0.0434. The van der Waals surface area contributed by atoms with Gasteiger partial charge < -0.3 is 10.6 Å². The largest absolute Gasteiger partial charge is 0.325 e. The molecule has 2 aromatic carbocycles. The SMILES string of the molecule is C[C@H](NCC(=O)Nc1ccc(CN2CCCC2)cc1)c1ccc(Cl)cc1. The van der Waals surface area contributed by atoms with Gasteiger partial charge in [-0.3, -0.25) is 9.69 Å². The number of nitrogens with one attached hydrogen (secondary N) is 2. The molecule has 1 aliphatic rings. The number of amides is 1. The summed E-state index contributed by atoms with van der Waals surface area (Å²) in [4.78, 5) is 14.6. The fourth-order valence-corrected chi connectivity index (χ4v) is 3.34. The molecule has 1 amide bonds. The minimum Gasteiger partial charge on any atom is -0.325 e. The second kappa shape index (κ2) is 9.17. The van der Waals surface area contributed by atoms with Gasteiger partial charge in [0.05, 0.1) is 6.54 Å². The molecule has 1 aliphatic heterocycles. The summed E-state index contributed by atoms with van der Waals surface area (Å²) in [7, 11) is 0. The number of benzene rings is 2. The van der Waals surface area contributed by atoms with Crippen molar-refractivity contribution in [1.82, 2.24) is 10.2 Å². The van der Waals surface area contributed by atoms with Crippen LogP contribution in [0.25, 0.3) is 0 Å². The van der Waals surface area contributed by atoms with Gasteiger partial charge in [-0.1, -0.05) is 35.9 Å². The molecular formula is C21H26ClN3O. The standard InChI is InChI=1S/C21H26ClN3O/c1-16(18-6-8-19(22)9-7-18)23-14-21(26)24-20-10-4-17(5-11-20)15-25-12-2-3-13-25/h4-11,16,23H,2-3,12-15H2,1H3,(H,24,26)/t16-/m0/s1. The summed E-state index contributed by atoms with van der Waals surface area (Å²) in [6.45, 7) is 5.67. The first kappa shape index (κ1) is 18.9. The van der Waals surface area contributed by atoms with Crippen LogP contribution >= 0.6 is 11.6 Å². The number of nitrogens with zero attached hydrogens (tertiary/aromatic N) is 1. The molecule has 0 aliphatic carbocycles. The molecule has 138 valence electrons. The van der Waals surface area contributed by atoms with E-state index in [1.807, 2.05) is 43.3 Å². The van der Waals surface area contributed by atoms with Crippen LogP contribution in [0.15, 0.2) is 48.5 Å². The number of carbonyl (C=O) groups excluding carboxylic acids is 1. The van der Waals surface area contributed by atoms with Crippen molar-refractivity contribution in [3.63, 3.8) is 0 Å². The van der Waals surface area contributed by atoms with Crippen molar-refractivity contribution in [2.75, 3.05) is 25.0 Å². The Kier molecular flexibility index (Phi) is 6.67. The van der Waals surface area contributed by atoms with Gasteiger partial charge in [-0.05, 0) is 68.2 Å². The second-order valence-corrected chi connectivity index (χ2v) is 7.32. The van der Waals surface area contributed by atoms with E-state index in [1.165, 1.54) is 31.5 Å². The van der Waals surface area contributed by atoms with Crippen LogP contribution in [-0.2, 0) is 11.3 Å². The summed E-state index contributed by atoms with van der Waals surface area (Å²) in [5, 5.41) is 6.89. The number of carbonyl (C=O) groups is 1. The fraction of sp³-hybridized carbons (Fsp3) is 0.381. The molecule has 0 unspecified atom stereocenters. The molecule has 0 aromatic heterocycles. The van der Waals surface area contributed by atoms with Gasteiger partial charge in [0.15, 0.2) is 0 Å². The third-order valence-corrected chi connectivity index (χ3v) is 5.03. The number of likely N-dealkylation sites (tertiary alicyclic amines) is 1. The fourth-order valence-electron chi connectivity index (χ4n) is 3.21. The van der Waals surface area contributed by atoms with Crippen molar-refractivity contribution < 1.29 is 4.79 Å². The first-order chi connectivity index (χ1) is 12.6. The van der Waals surface area contributed by atoms with Gasteiger partial charge in [0, 0.05) is 23.3 Å². The number of hydrogen-bond acceptors (Lipinski definition) is 3. The van der Waals surface area contributed by atoms with E-state index < -0.39 is 0 Å². The van der Waals surface area contributed by atoms with E-state index in [0.717, 1.165) is 17.8 Å². The first-order valence-corrected chi connectivity index (χ1v) is 9.58. The van der Waals surface area contributed by atoms with Crippen molar-refractivity contribution in [3.05, 3.63) is 64.7 Å². The van der Waals surface area contributed by atoms with Crippen LogP contribution in [-0.4, -0.2) is 30.4 Å². The van der Waals surface area contributed by atoms with Crippen molar-refractivity contribution in [2.24, 2.45) is 0 Å². The molecule has 0 bridgehead atoms. The molecule has 3 rings (SSSR count). The lowest BCUT2D eigenvalue weighted by Crippen LogP contribution is -2.30. The molecule has 5 heteroatoms. The maximum absolute atomic E-state index is 12.2. The Bertz CT molecular complexity index is 709. The van der Waals surface area contributed by atoms with Crippen LogP contribution in [0.4, 0.5) is 5.69 Å². The third-order valence-electron chi connectivity index (χ3n) is 4.78. The van der Waals surface area contributed by atoms with Gasteiger partial charge in [-0.25, -0.2) is 0 Å². The number of halogens is 1. The summed E-state index contributed by atoms with van der Waals surface area (Å²) in [6.07, 6.45) is 2.60. The van der Waals surface area contributed by atoms with Gasteiger partial charge in [-0.15, -0.1) is 0 Å². The highest BCUT2D eigenvalue weighted by atomic mass is 35.5. The Morgan fingerprint density at radius 2 is 1.73 bits per heavy atom. The lowest BCUT2D eigenvalue weighted by atomic mass is 10.1. The van der Waals surface area contributed by atoms with Crippen molar-refractivity contribution in [1.29, 1.82) is 0 Å². The van der Waals surface area contributed by atoms with E-state index in [2.05, 4.69) is 27.7 Å². The molecule has 1 atom stereocenters. The predicted octanol–water partition coefficient (Wildman–Crippen LogP) is 4.23. The zero-order chi connectivity index (χ0) is 18.4. The average Bonchev–Trinajstić information content (AvgIpc) is 3.15. The monoisotopic (exact) mass is 371 g/mol. The molecule has 4 nitrogen and oxygen atoms in total. The minimum atomic E-state index is -0.0434. The third kappa shape index (κ3) is 5.56. The Hall–Kier alpha value is -1.88. The molecule has 0 radical (unpaired) electrons. The summed E-state index contributed by atoms with van der Waals surface area (Å²) < 4.78 is 0. The van der Waals surface area contributed by atoms with Gasteiger partial charge >= 0.3 is 0 Å². The van der Waals surface area contributed by atoms with E-state index >= 15 is 0 Å². The van der Waals surface area contributed by atoms with E-state index in [-0.39, 0.29) is 18.5 Å². The molecule has 2 aromatic rings. The summed E-state index contributed by atoms with van der Waals surface area (Å²) >= 11 is 5.91. The summed E-state index contributed by atoms with van der Waals surface area (Å²) in [5.41, 5.74) is 3.23. The Morgan fingerprint density at radius 1 is 1.08 bits per heavy atom. The van der Waals surface area contributed by atoms with E-state index in [4.69, 9.17) is 11.6 Å². The van der Waals surface area contributed by atoms with Crippen molar-refractivity contribution in [3.8, 4) is 0 Å². The van der Waals surface area contributed by atoms with E-state index in [1.54, 1.807) is 0 Å². The molecular weight excluding hydrogens is 346 g/mol. The van der Waals surface area contributed by atoms with Crippen LogP contribution in [0.2, 0.25) is 5.02 Å². The quantitative estimate of drug-likeness (QED) is 0.765. The van der Waals surface area contributed by atoms with Gasteiger partial charge in [-0.2, -0.15) is 0 Å². The Balaban J connectivity index is 1.44. The number of anilines is 1. The average molecular weight is 372 g/mol. The highest BCUT2D eigenvalue weighted by molar-refractivity contribution is 6.30. The molecule has 0 saturated carbocycles. The molecule has 1 fully saturated rings. The van der Waals surface area contributed by atoms with Gasteiger partial charge in [0.1, 0.15) is 0 Å². The smallest absolute Gasteiger partial charge is 0.238 e. The Morgan fingerprint density at radius 3 is 2.38 bits per heavy atom. The predicted molar refractivity (Wildman–Crippen MR) is 107 cm³/mol. The molecule has 1 saturated heterocycles. The first-order valence-electron chi connectivity index (χ1n) is 9.20. The second-order valence-electron chi connectivity index (χ2n) is 6.88. The topological polar surface area (TPSA) is 44.4 Å². The lowest BCUT2D eigenvalue weighted by molar-refractivity contribution is -0.115. The molecule has 0 spiro atoms. The normalized spacial score (nSPS) is 15.8. The zero-order valence-corrected chi connectivity index (χ0v) is 15.9. The maximum atomic E-state index is 12.2. The van der Waals surface area contributed by atoms with Crippen LogP contribution < -0.4 is 10.6 Å². The van der Waals surface area contributed by atoms with Crippen LogP contribution in [0.3, 0.4) is 0 Å². The van der Waals surface area contributed by atoms with Crippen molar-refractivity contribution in [2.45, 2.75) is 32.4 Å². The van der Waals surface area contributed by atoms with Crippen LogP contribution in [0.1, 0.15) is 36.9 Å². The highest BCUT2D eigenvalue weighted by Gasteiger charge is 2.12. The van der Waals surface area contributed by atoms with Crippen LogP contribution in [0, 0.1) is 0 Å². The van der Waals surface area contributed by atoms with Gasteiger partial charge in [0.2, 0.25) is 5.91 Å². The van der Waals surface area contributed by atoms with Crippen molar-refractivity contribution >= 4 is 23.2 Å². The minimum absolute atomic E-state index is 0.0434. The maximum Gasteiger partial charge on any atom is 0.238 e. The van der Waals surface area contributed by atoms with Gasteiger partial charge in [0.25, 0.3) is 0 Å².